The molecule has 1 aliphatic heterocycles. The Balaban J connectivity index is 1.58. The molecule has 0 fully saturated rings. The third-order valence-corrected chi connectivity index (χ3v) is 5.88. The fourth-order valence-corrected chi connectivity index (χ4v) is 4.31. The van der Waals surface area contributed by atoms with E-state index in [0.29, 0.717) is 24.3 Å². The molecule has 3 aromatic carbocycles. The highest BCUT2D eigenvalue weighted by atomic mass is 16.2. The van der Waals surface area contributed by atoms with Crippen molar-refractivity contribution in [2.24, 2.45) is 0 Å². The summed E-state index contributed by atoms with van der Waals surface area (Å²) < 4.78 is 1.86. The number of para-hydroxylation sites is 1. The maximum Gasteiger partial charge on any atom is 0.272 e. The van der Waals surface area contributed by atoms with Crippen molar-refractivity contribution in [2.75, 3.05) is 6.54 Å². The summed E-state index contributed by atoms with van der Waals surface area (Å²) in [5, 5.41) is 9.74. The monoisotopic (exact) mass is 403 g/mol. The van der Waals surface area contributed by atoms with E-state index in [-0.39, 0.29) is 5.91 Å². The minimum atomic E-state index is -0.112. The van der Waals surface area contributed by atoms with Crippen molar-refractivity contribution in [2.45, 2.75) is 13.0 Å². The summed E-state index contributed by atoms with van der Waals surface area (Å²) in [6.45, 7) is 1.21. The Morgan fingerprint density at radius 1 is 0.839 bits per heavy atom. The smallest absolute Gasteiger partial charge is 0.272 e. The molecule has 0 bridgehead atoms. The second-order valence-electron chi connectivity index (χ2n) is 7.69. The van der Waals surface area contributed by atoms with Crippen molar-refractivity contribution in [1.82, 2.24) is 9.47 Å². The van der Waals surface area contributed by atoms with Crippen molar-refractivity contribution < 1.29 is 4.79 Å². The summed E-state index contributed by atoms with van der Waals surface area (Å²) in [6.07, 6.45) is 2.65. The SMILES string of the molecule is N#Cc1ccn(-c2ccccc2-c2ccccc2)c1C(=O)N1CCc2ccccc2C1. The van der Waals surface area contributed by atoms with Gasteiger partial charge in [-0.3, -0.25) is 4.79 Å². The van der Waals surface area contributed by atoms with Gasteiger partial charge in [0.2, 0.25) is 0 Å². The van der Waals surface area contributed by atoms with Crippen molar-refractivity contribution in [1.29, 1.82) is 5.26 Å². The van der Waals surface area contributed by atoms with Crippen LogP contribution in [-0.4, -0.2) is 21.9 Å². The molecule has 0 saturated heterocycles. The lowest BCUT2D eigenvalue weighted by Crippen LogP contribution is -2.37. The Hall–Kier alpha value is -4.10. The predicted molar refractivity (Wildman–Crippen MR) is 121 cm³/mol. The average molecular weight is 403 g/mol. The summed E-state index contributed by atoms with van der Waals surface area (Å²) in [6, 6.07) is 30.3. The molecular formula is C27H21N3O. The van der Waals surface area contributed by atoms with Crippen LogP contribution in [0.3, 0.4) is 0 Å². The van der Waals surface area contributed by atoms with Crippen LogP contribution >= 0.6 is 0 Å². The molecule has 1 aliphatic rings. The highest BCUT2D eigenvalue weighted by Gasteiger charge is 2.27. The molecule has 0 saturated carbocycles. The lowest BCUT2D eigenvalue weighted by Gasteiger charge is -2.29. The first kappa shape index (κ1) is 18.9. The molecule has 1 amide bonds. The van der Waals surface area contributed by atoms with Gasteiger partial charge in [0.1, 0.15) is 11.8 Å². The van der Waals surface area contributed by atoms with Crippen LogP contribution in [0.5, 0.6) is 0 Å². The Morgan fingerprint density at radius 2 is 1.55 bits per heavy atom. The predicted octanol–water partition coefficient (Wildman–Crippen LogP) is 5.21. The van der Waals surface area contributed by atoms with Crippen LogP contribution in [0.25, 0.3) is 16.8 Å². The fourth-order valence-electron chi connectivity index (χ4n) is 4.31. The normalized spacial score (nSPS) is 12.8. The van der Waals surface area contributed by atoms with E-state index in [1.165, 1.54) is 11.1 Å². The van der Waals surface area contributed by atoms with Gasteiger partial charge < -0.3 is 9.47 Å². The molecule has 150 valence electrons. The van der Waals surface area contributed by atoms with Crippen molar-refractivity contribution in [3.8, 4) is 22.9 Å². The van der Waals surface area contributed by atoms with Crippen LogP contribution in [0.2, 0.25) is 0 Å². The third kappa shape index (κ3) is 3.41. The number of carbonyl (C=O) groups excluding carboxylic acids is 1. The quantitative estimate of drug-likeness (QED) is 0.471. The zero-order valence-electron chi connectivity index (χ0n) is 17.0. The second kappa shape index (κ2) is 7.97. The van der Waals surface area contributed by atoms with Gasteiger partial charge in [-0.2, -0.15) is 5.26 Å². The maximum absolute atomic E-state index is 13.6. The number of carbonyl (C=O) groups is 1. The number of hydrogen-bond acceptors (Lipinski definition) is 2. The molecule has 0 N–H and O–H groups in total. The van der Waals surface area contributed by atoms with E-state index in [1.54, 1.807) is 6.07 Å². The molecule has 0 atom stereocenters. The number of benzene rings is 3. The number of nitriles is 1. The van der Waals surface area contributed by atoms with Gasteiger partial charge in [0.05, 0.1) is 11.3 Å². The van der Waals surface area contributed by atoms with E-state index in [9.17, 15) is 10.1 Å². The van der Waals surface area contributed by atoms with Crippen LogP contribution in [-0.2, 0) is 13.0 Å². The van der Waals surface area contributed by atoms with Crippen LogP contribution < -0.4 is 0 Å². The van der Waals surface area contributed by atoms with Gasteiger partial charge in [0, 0.05) is 24.8 Å². The number of rotatable bonds is 3. The molecule has 2 heterocycles. The Bertz CT molecular complexity index is 1300. The first-order valence-electron chi connectivity index (χ1n) is 10.4. The summed E-state index contributed by atoms with van der Waals surface area (Å²) in [5.74, 6) is -0.112. The van der Waals surface area contributed by atoms with Crippen LogP contribution in [0, 0.1) is 11.3 Å². The molecule has 1 aromatic heterocycles. The van der Waals surface area contributed by atoms with Gasteiger partial charge in [-0.15, -0.1) is 0 Å². The Morgan fingerprint density at radius 3 is 2.35 bits per heavy atom. The molecule has 0 radical (unpaired) electrons. The van der Waals surface area contributed by atoms with Crippen molar-refractivity contribution >= 4 is 5.91 Å². The van der Waals surface area contributed by atoms with Crippen LogP contribution in [0.1, 0.15) is 27.2 Å². The van der Waals surface area contributed by atoms with Gasteiger partial charge >= 0.3 is 0 Å². The van der Waals surface area contributed by atoms with Gasteiger partial charge in [0.25, 0.3) is 5.91 Å². The molecule has 0 aliphatic carbocycles. The summed E-state index contributed by atoms with van der Waals surface area (Å²) in [4.78, 5) is 15.5. The first-order valence-corrected chi connectivity index (χ1v) is 10.4. The Labute approximate surface area is 181 Å². The van der Waals surface area contributed by atoms with E-state index < -0.39 is 0 Å². The third-order valence-electron chi connectivity index (χ3n) is 5.88. The molecular weight excluding hydrogens is 382 g/mol. The molecule has 5 rings (SSSR count). The fraction of sp³-hybridized carbons (Fsp3) is 0.111. The number of aromatic nitrogens is 1. The van der Waals surface area contributed by atoms with Crippen molar-refractivity contribution in [3.63, 3.8) is 0 Å². The zero-order valence-corrected chi connectivity index (χ0v) is 17.0. The molecule has 0 spiro atoms. The van der Waals surface area contributed by atoms with Gasteiger partial charge in [-0.05, 0) is 35.2 Å². The molecule has 0 unspecified atom stereocenters. The van der Waals surface area contributed by atoms with E-state index in [1.807, 2.05) is 70.3 Å². The lowest BCUT2D eigenvalue weighted by molar-refractivity contribution is 0.0726. The first-order chi connectivity index (χ1) is 15.3. The van der Waals surface area contributed by atoms with E-state index in [0.717, 1.165) is 23.2 Å². The molecule has 4 aromatic rings. The summed E-state index contributed by atoms with van der Waals surface area (Å²) >= 11 is 0. The molecule has 4 nitrogen and oxygen atoms in total. The standard InChI is InChI=1S/C27H21N3O/c28-18-22-15-17-30(25-13-7-6-12-24(25)21-9-2-1-3-10-21)26(22)27(31)29-16-14-20-8-4-5-11-23(20)19-29/h1-13,15,17H,14,16,19H2. The summed E-state index contributed by atoms with van der Waals surface area (Å²) in [7, 11) is 0. The van der Waals surface area contributed by atoms with Crippen molar-refractivity contribution in [3.05, 3.63) is 114 Å². The zero-order chi connectivity index (χ0) is 21.2. The van der Waals surface area contributed by atoms with E-state index in [2.05, 4.69) is 30.3 Å². The molecule has 4 heteroatoms. The topological polar surface area (TPSA) is 49.0 Å². The highest BCUT2D eigenvalue weighted by Crippen LogP contribution is 2.30. The van der Waals surface area contributed by atoms with Gasteiger partial charge in [-0.1, -0.05) is 72.8 Å². The minimum Gasteiger partial charge on any atom is -0.333 e. The van der Waals surface area contributed by atoms with Gasteiger partial charge in [-0.25, -0.2) is 0 Å². The number of fused-ring (bicyclic) bond motifs is 1. The largest absolute Gasteiger partial charge is 0.333 e. The number of nitrogens with zero attached hydrogens (tertiary/aromatic N) is 3. The second-order valence-corrected chi connectivity index (χ2v) is 7.69. The highest BCUT2D eigenvalue weighted by molar-refractivity contribution is 5.96. The number of amides is 1. The average Bonchev–Trinajstić information content (AvgIpc) is 3.28. The number of hydrogen-bond donors (Lipinski definition) is 0. The lowest BCUT2D eigenvalue weighted by atomic mass is 9.99. The Kier molecular flexibility index (Phi) is 4.86. The van der Waals surface area contributed by atoms with E-state index in [4.69, 9.17) is 0 Å². The molecule has 31 heavy (non-hydrogen) atoms. The van der Waals surface area contributed by atoms with E-state index >= 15 is 0 Å². The van der Waals surface area contributed by atoms with Gasteiger partial charge in [0.15, 0.2) is 0 Å². The van der Waals surface area contributed by atoms with Crippen LogP contribution in [0.15, 0.2) is 91.1 Å². The maximum atomic E-state index is 13.6. The van der Waals surface area contributed by atoms with Crippen LogP contribution in [0.4, 0.5) is 0 Å². The minimum absolute atomic E-state index is 0.112. The summed E-state index contributed by atoms with van der Waals surface area (Å²) in [5.41, 5.74) is 6.24.